The normalized spacial score (nSPS) is 10.9. The van der Waals surface area contributed by atoms with Gasteiger partial charge < -0.3 is 0 Å². The molecule has 1 N–H and O–H groups in total. The van der Waals surface area contributed by atoms with Crippen molar-refractivity contribution in [2.75, 3.05) is 5.32 Å². The highest BCUT2D eigenvalue weighted by Gasteiger charge is 2.04. The van der Waals surface area contributed by atoms with Gasteiger partial charge in [-0.25, -0.2) is 4.98 Å². The zero-order valence-corrected chi connectivity index (χ0v) is 12.3. The second kappa shape index (κ2) is 6.19. The van der Waals surface area contributed by atoms with Crippen molar-refractivity contribution >= 4 is 51.7 Å². The van der Waals surface area contributed by atoms with Gasteiger partial charge in [-0.1, -0.05) is 35.3 Å². The fraction of sp³-hybridized carbons (Fsp3) is 0.0769. The Labute approximate surface area is 124 Å². The first-order valence-corrected chi connectivity index (χ1v) is 7.05. The predicted octanol–water partition coefficient (Wildman–Crippen LogP) is 4.41. The molecule has 1 aromatic carbocycles. The average Bonchev–Trinajstić information content (AvgIpc) is 2.76. The number of rotatable bonds is 3. The molecule has 2 aromatic rings. The van der Waals surface area contributed by atoms with Crippen LogP contribution < -0.4 is 5.32 Å². The van der Waals surface area contributed by atoms with Crippen LogP contribution >= 0.6 is 34.5 Å². The van der Waals surface area contributed by atoms with E-state index in [-0.39, 0.29) is 5.91 Å². The molecule has 0 bridgehead atoms. The van der Waals surface area contributed by atoms with Crippen molar-refractivity contribution in [2.24, 2.45) is 0 Å². The molecule has 2 rings (SSSR count). The summed E-state index contributed by atoms with van der Waals surface area (Å²) >= 11 is 13.3. The molecule has 0 aliphatic rings. The minimum Gasteiger partial charge on any atom is -0.298 e. The van der Waals surface area contributed by atoms with Gasteiger partial charge in [0.2, 0.25) is 5.91 Å². The number of hydrogen-bond acceptors (Lipinski definition) is 3. The summed E-state index contributed by atoms with van der Waals surface area (Å²) in [4.78, 5) is 15.8. The smallest absolute Gasteiger partial charge is 0.250 e. The molecule has 19 heavy (non-hydrogen) atoms. The van der Waals surface area contributed by atoms with Gasteiger partial charge in [0, 0.05) is 11.5 Å². The Kier molecular flexibility index (Phi) is 4.58. The lowest BCUT2D eigenvalue weighted by Crippen LogP contribution is -2.07. The lowest BCUT2D eigenvalue weighted by molar-refractivity contribution is -0.111. The predicted molar refractivity (Wildman–Crippen MR) is 81.0 cm³/mol. The number of thiazole rings is 1. The first-order valence-electron chi connectivity index (χ1n) is 5.41. The summed E-state index contributed by atoms with van der Waals surface area (Å²) in [5.41, 5.74) is 1.57. The quantitative estimate of drug-likeness (QED) is 0.853. The summed E-state index contributed by atoms with van der Waals surface area (Å²) in [6.45, 7) is 1.87. The van der Waals surface area contributed by atoms with E-state index in [4.69, 9.17) is 23.2 Å². The van der Waals surface area contributed by atoms with Crippen LogP contribution in [0.5, 0.6) is 0 Å². The van der Waals surface area contributed by atoms with Crippen LogP contribution in [0.3, 0.4) is 0 Å². The van der Waals surface area contributed by atoms with Crippen LogP contribution in [-0.4, -0.2) is 10.9 Å². The number of carbonyl (C=O) groups is 1. The van der Waals surface area contributed by atoms with Gasteiger partial charge in [0.25, 0.3) is 0 Å². The number of aryl methyl sites for hydroxylation is 1. The molecule has 0 aliphatic carbocycles. The van der Waals surface area contributed by atoms with Gasteiger partial charge in [-0.15, -0.1) is 11.3 Å². The number of anilines is 1. The molecule has 0 saturated heterocycles. The van der Waals surface area contributed by atoms with E-state index in [0.29, 0.717) is 20.7 Å². The van der Waals surface area contributed by atoms with E-state index >= 15 is 0 Å². The number of hydrogen-bond donors (Lipinski definition) is 1. The summed E-state index contributed by atoms with van der Waals surface area (Å²) in [7, 11) is 0. The average molecular weight is 313 g/mol. The van der Waals surface area contributed by atoms with Crippen molar-refractivity contribution < 1.29 is 4.79 Å². The number of benzene rings is 1. The zero-order valence-electron chi connectivity index (χ0n) is 9.98. The molecule has 1 heterocycles. The fourth-order valence-electron chi connectivity index (χ4n) is 1.37. The van der Waals surface area contributed by atoms with E-state index in [2.05, 4.69) is 10.3 Å². The maximum absolute atomic E-state index is 11.7. The van der Waals surface area contributed by atoms with Crippen molar-refractivity contribution in [1.82, 2.24) is 4.98 Å². The maximum Gasteiger partial charge on any atom is 0.250 e. The highest BCUT2D eigenvalue weighted by Crippen LogP contribution is 2.26. The third-order valence-electron chi connectivity index (χ3n) is 2.24. The summed E-state index contributed by atoms with van der Waals surface area (Å²) in [5.74, 6) is -0.259. The topological polar surface area (TPSA) is 42.0 Å². The third kappa shape index (κ3) is 3.80. The molecule has 0 spiro atoms. The second-order valence-electron chi connectivity index (χ2n) is 3.76. The van der Waals surface area contributed by atoms with E-state index < -0.39 is 0 Å². The van der Waals surface area contributed by atoms with E-state index in [1.807, 2.05) is 12.3 Å². The van der Waals surface area contributed by atoms with Gasteiger partial charge >= 0.3 is 0 Å². The molecule has 0 atom stereocenters. The van der Waals surface area contributed by atoms with Gasteiger partial charge in [-0.2, -0.15) is 0 Å². The second-order valence-corrected chi connectivity index (χ2v) is 5.40. The van der Waals surface area contributed by atoms with Crippen LogP contribution in [0.15, 0.2) is 29.7 Å². The Balaban J connectivity index is 2.06. The highest BCUT2D eigenvalue weighted by molar-refractivity contribution is 7.13. The van der Waals surface area contributed by atoms with Gasteiger partial charge in [0.15, 0.2) is 5.13 Å². The highest BCUT2D eigenvalue weighted by atomic mass is 35.5. The summed E-state index contributed by atoms with van der Waals surface area (Å²) in [6, 6.07) is 5.25. The Morgan fingerprint density at radius 1 is 1.42 bits per heavy atom. The number of halogens is 2. The zero-order chi connectivity index (χ0) is 13.8. The molecular weight excluding hydrogens is 303 g/mol. The third-order valence-corrected chi connectivity index (χ3v) is 3.95. The number of nitrogens with one attached hydrogen (secondary N) is 1. The Morgan fingerprint density at radius 3 is 2.89 bits per heavy atom. The molecule has 98 valence electrons. The van der Waals surface area contributed by atoms with Crippen LogP contribution in [-0.2, 0) is 4.79 Å². The Morgan fingerprint density at radius 2 is 2.21 bits per heavy atom. The maximum atomic E-state index is 11.7. The summed E-state index contributed by atoms with van der Waals surface area (Å²) in [5, 5.41) is 6.00. The van der Waals surface area contributed by atoms with E-state index in [1.165, 1.54) is 17.4 Å². The van der Waals surface area contributed by atoms with Gasteiger partial charge in [-0.3, -0.25) is 10.1 Å². The summed E-state index contributed by atoms with van der Waals surface area (Å²) < 4.78 is 0. The van der Waals surface area contributed by atoms with Gasteiger partial charge in [0.1, 0.15) is 0 Å². The molecule has 0 radical (unpaired) electrons. The van der Waals surface area contributed by atoms with Gasteiger partial charge in [-0.05, 0) is 24.6 Å². The van der Waals surface area contributed by atoms with Crippen molar-refractivity contribution in [1.29, 1.82) is 0 Å². The first-order chi connectivity index (χ1) is 9.06. The van der Waals surface area contributed by atoms with Crippen molar-refractivity contribution in [3.63, 3.8) is 0 Å². The van der Waals surface area contributed by atoms with E-state index in [0.717, 1.165) is 5.69 Å². The lowest BCUT2D eigenvalue weighted by atomic mass is 10.2. The number of aromatic nitrogens is 1. The van der Waals surface area contributed by atoms with Crippen LogP contribution in [0.25, 0.3) is 6.08 Å². The monoisotopic (exact) mass is 312 g/mol. The number of nitrogens with zero attached hydrogens (tertiary/aromatic N) is 1. The van der Waals surface area contributed by atoms with Crippen molar-refractivity contribution in [3.8, 4) is 0 Å². The summed E-state index contributed by atoms with van der Waals surface area (Å²) in [6.07, 6.45) is 3.01. The number of carbonyl (C=O) groups excluding carboxylic acids is 1. The molecule has 1 aromatic heterocycles. The Bertz CT molecular complexity index is 637. The van der Waals surface area contributed by atoms with Crippen molar-refractivity contribution in [3.05, 3.63) is 51.0 Å². The minimum atomic E-state index is -0.259. The van der Waals surface area contributed by atoms with E-state index in [9.17, 15) is 4.79 Å². The molecule has 6 heteroatoms. The molecule has 0 fully saturated rings. The molecule has 0 unspecified atom stereocenters. The van der Waals surface area contributed by atoms with Gasteiger partial charge in [0.05, 0.1) is 15.7 Å². The Hall–Kier alpha value is -1.36. The SMILES string of the molecule is Cc1csc(NC(=O)/C=C/c2cccc(Cl)c2Cl)n1. The first kappa shape index (κ1) is 14.1. The molecule has 1 amide bonds. The number of amides is 1. The van der Waals surface area contributed by atoms with E-state index in [1.54, 1.807) is 24.3 Å². The molecule has 0 aliphatic heterocycles. The van der Waals surface area contributed by atoms with Crippen LogP contribution in [0, 0.1) is 6.92 Å². The minimum absolute atomic E-state index is 0.259. The lowest BCUT2D eigenvalue weighted by Gasteiger charge is -2.00. The van der Waals surface area contributed by atoms with Crippen molar-refractivity contribution in [2.45, 2.75) is 6.92 Å². The van der Waals surface area contributed by atoms with Crippen LogP contribution in [0.4, 0.5) is 5.13 Å². The largest absolute Gasteiger partial charge is 0.298 e. The molecular formula is C13H10Cl2N2OS. The molecule has 0 saturated carbocycles. The molecule has 3 nitrogen and oxygen atoms in total. The van der Waals surface area contributed by atoms with Crippen LogP contribution in [0.1, 0.15) is 11.3 Å². The fourth-order valence-corrected chi connectivity index (χ4v) is 2.44. The standard InChI is InChI=1S/C13H10Cl2N2OS/c1-8-7-19-13(16-8)17-11(18)6-5-9-3-2-4-10(14)12(9)15/h2-7H,1H3,(H,16,17,18)/b6-5+. The van der Waals surface area contributed by atoms with Crippen LogP contribution in [0.2, 0.25) is 10.0 Å².